The van der Waals surface area contributed by atoms with Gasteiger partial charge in [0, 0.05) is 28.6 Å². The summed E-state index contributed by atoms with van der Waals surface area (Å²) in [5.41, 5.74) is 1.40. The van der Waals surface area contributed by atoms with Crippen LogP contribution in [0.3, 0.4) is 0 Å². The van der Waals surface area contributed by atoms with Gasteiger partial charge in [0.2, 0.25) is 5.91 Å². The first kappa shape index (κ1) is 20.8. The minimum absolute atomic E-state index is 0.0166. The summed E-state index contributed by atoms with van der Waals surface area (Å²) in [6.45, 7) is 0.404. The number of thiophene rings is 1. The van der Waals surface area contributed by atoms with E-state index < -0.39 is 9.84 Å². The molecule has 2 aromatic rings. The third-order valence-corrected chi connectivity index (χ3v) is 7.95. The highest BCUT2D eigenvalue weighted by atomic mass is 32.2. The number of carbonyl (C=O) groups is 2. The van der Waals surface area contributed by atoms with Crippen LogP contribution in [0.4, 0.5) is 0 Å². The van der Waals surface area contributed by atoms with E-state index in [0.717, 1.165) is 23.3 Å². The molecule has 0 spiro atoms. The van der Waals surface area contributed by atoms with Crippen molar-refractivity contribution in [3.8, 4) is 0 Å². The molecule has 1 N–H and O–H groups in total. The highest BCUT2D eigenvalue weighted by molar-refractivity contribution is 7.91. The van der Waals surface area contributed by atoms with Crippen molar-refractivity contribution < 1.29 is 18.0 Å². The summed E-state index contributed by atoms with van der Waals surface area (Å²) in [6, 6.07) is 11.0. The molecule has 1 atom stereocenters. The van der Waals surface area contributed by atoms with E-state index in [4.69, 9.17) is 0 Å². The van der Waals surface area contributed by atoms with Gasteiger partial charge in [-0.1, -0.05) is 18.2 Å². The molecule has 0 bridgehead atoms. The van der Waals surface area contributed by atoms with Crippen LogP contribution < -0.4 is 5.32 Å². The SMILES string of the molecule is O=C(NC1CC1)c1ccc(/C=C/C(=O)N(Cc2cccs2)C2CCS(=O)(=O)C2)cc1. The summed E-state index contributed by atoms with van der Waals surface area (Å²) in [5, 5.41) is 4.89. The number of nitrogens with zero attached hydrogens (tertiary/aromatic N) is 1. The second kappa shape index (κ2) is 8.73. The molecule has 1 aliphatic heterocycles. The minimum atomic E-state index is -3.09. The van der Waals surface area contributed by atoms with Gasteiger partial charge >= 0.3 is 0 Å². The van der Waals surface area contributed by atoms with Gasteiger partial charge in [0.25, 0.3) is 5.91 Å². The molecule has 2 fully saturated rings. The molecule has 1 saturated heterocycles. The average molecular weight is 445 g/mol. The first-order valence-corrected chi connectivity index (χ1v) is 12.7. The van der Waals surface area contributed by atoms with Crippen LogP contribution >= 0.6 is 11.3 Å². The van der Waals surface area contributed by atoms with Gasteiger partial charge in [-0.05, 0) is 54.5 Å². The van der Waals surface area contributed by atoms with Gasteiger partial charge in [-0.15, -0.1) is 11.3 Å². The van der Waals surface area contributed by atoms with Crippen molar-refractivity contribution in [1.82, 2.24) is 10.2 Å². The maximum atomic E-state index is 12.9. The predicted octanol–water partition coefficient (Wildman–Crippen LogP) is 2.87. The van der Waals surface area contributed by atoms with Gasteiger partial charge in [-0.25, -0.2) is 8.42 Å². The van der Waals surface area contributed by atoms with Crippen LogP contribution in [0, 0.1) is 0 Å². The zero-order valence-corrected chi connectivity index (χ0v) is 18.1. The van der Waals surface area contributed by atoms with Crippen molar-refractivity contribution in [3.05, 3.63) is 63.9 Å². The van der Waals surface area contributed by atoms with Crippen molar-refractivity contribution in [1.29, 1.82) is 0 Å². The molecule has 2 aliphatic rings. The minimum Gasteiger partial charge on any atom is -0.349 e. The summed E-state index contributed by atoms with van der Waals surface area (Å²) < 4.78 is 23.8. The fourth-order valence-electron chi connectivity index (χ4n) is 3.48. The van der Waals surface area contributed by atoms with Crippen LogP contribution in [0.5, 0.6) is 0 Å². The third-order valence-electron chi connectivity index (χ3n) is 5.34. The summed E-state index contributed by atoms with van der Waals surface area (Å²) in [7, 11) is -3.09. The van der Waals surface area contributed by atoms with Crippen LogP contribution in [0.1, 0.15) is 40.1 Å². The number of sulfone groups is 1. The standard InChI is InChI=1S/C22H24N2O4S2/c25-21(10-5-16-3-6-17(7-4-16)22(26)23-18-8-9-18)24(14-20-2-1-12-29-20)19-11-13-30(27,28)15-19/h1-7,10,12,18-19H,8-9,11,13-15H2,(H,23,26)/b10-5+. The van der Waals surface area contributed by atoms with Crippen LogP contribution in [0.25, 0.3) is 6.08 Å². The molecule has 6 nitrogen and oxygen atoms in total. The summed E-state index contributed by atoms with van der Waals surface area (Å²) in [4.78, 5) is 27.7. The molecule has 2 amide bonds. The lowest BCUT2D eigenvalue weighted by Gasteiger charge is -2.26. The number of nitrogens with one attached hydrogen (secondary N) is 1. The first-order valence-electron chi connectivity index (χ1n) is 10.0. The Morgan fingerprint density at radius 1 is 1.13 bits per heavy atom. The molecule has 1 aromatic carbocycles. The quantitative estimate of drug-likeness (QED) is 0.666. The second-order valence-corrected chi connectivity index (χ2v) is 11.1. The molecule has 4 rings (SSSR count). The van der Waals surface area contributed by atoms with Crippen LogP contribution in [-0.2, 0) is 21.2 Å². The first-order chi connectivity index (χ1) is 14.4. The van der Waals surface area contributed by atoms with E-state index in [2.05, 4.69) is 5.32 Å². The highest BCUT2D eigenvalue weighted by Gasteiger charge is 2.34. The largest absolute Gasteiger partial charge is 0.349 e. The lowest BCUT2D eigenvalue weighted by molar-refractivity contribution is -0.128. The maximum Gasteiger partial charge on any atom is 0.251 e. The fraction of sp³-hybridized carbons (Fsp3) is 0.364. The number of benzene rings is 1. The van der Waals surface area contributed by atoms with E-state index in [1.807, 2.05) is 17.5 Å². The van der Waals surface area contributed by atoms with Crippen LogP contribution in [0.2, 0.25) is 0 Å². The van der Waals surface area contributed by atoms with Crippen LogP contribution in [0.15, 0.2) is 47.9 Å². The number of hydrogen-bond acceptors (Lipinski definition) is 5. The third kappa shape index (κ3) is 5.37. The van der Waals surface area contributed by atoms with E-state index in [1.54, 1.807) is 46.6 Å². The number of rotatable bonds is 7. The second-order valence-electron chi connectivity index (χ2n) is 7.81. The fourth-order valence-corrected chi connectivity index (χ4v) is 5.92. The molecule has 1 unspecified atom stereocenters. The van der Waals surface area contributed by atoms with E-state index >= 15 is 0 Å². The van der Waals surface area contributed by atoms with Crippen molar-refractivity contribution in [2.75, 3.05) is 11.5 Å². The van der Waals surface area contributed by atoms with Gasteiger partial charge in [-0.2, -0.15) is 0 Å². The molecule has 8 heteroatoms. The predicted molar refractivity (Wildman–Crippen MR) is 118 cm³/mol. The molecule has 30 heavy (non-hydrogen) atoms. The Morgan fingerprint density at radius 2 is 1.90 bits per heavy atom. The van der Waals surface area contributed by atoms with Crippen molar-refractivity contribution in [2.45, 2.75) is 37.9 Å². The number of hydrogen-bond donors (Lipinski definition) is 1. The molecule has 1 aliphatic carbocycles. The molecular formula is C22H24N2O4S2. The zero-order chi connectivity index (χ0) is 21.1. The van der Waals surface area contributed by atoms with E-state index in [1.165, 1.54) is 6.08 Å². The van der Waals surface area contributed by atoms with Gasteiger partial charge in [0.15, 0.2) is 9.84 Å². The van der Waals surface area contributed by atoms with Gasteiger partial charge in [0.1, 0.15) is 0 Å². The van der Waals surface area contributed by atoms with Crippen molar-refractivity contribution >= 4 is 39.1 Å². The lowest BCUT2D eigenvalue weighted by Crippen LogP contribution is -2.39. The topological polar surface area (TPSA) is 83.6 Å². The molecule has 1 aromatic heterocycles. The Balaban J connectivity index is 1.44. The Kier molecular flexibility index (Phi) is 6.06. The normalized spacial score (nSPS) is 20.3. The van der Waals surface area contributed by atoms with Crippen molar-refractivity contribution in [3.63, 3.8) is 0 Å². The van der Waals surface area contributed by atoms with Gasteiger partial charge < -0.3 is 10.2 Å². The summed E-state index contributed by atoms with van der Waals surface area (Å²) in [5.74, 6) is -0.141. The molecular weight excluding hydrogens is 420 g/mol. The Bertz CT molecular complexity index is 1040. The number of carbonyl (C=O) groups excluding carboxylic acids is 2. The van der Waals surface area contributed by atoms with E-state index in [9.17, 15) is 18.0 Å². The molecule has 158 valence electrons. The van der Waals surface area contributed by atoms with Crippen LogP contribution in [-0.4, -0.2) is 48.7 Å². The smallest absolute Gasteiger partial charge is 0.251 e. The number of amides is 2. The highest BCUT2D eigenvalue weighted by Crippen LogP contribution is 2.23. The van der Waals surface area contributed by atoms with E-state index in [0.29, 0.717) is 24.6 Å². The Hall–Kier alpha value is -2.45. The van der Waals surface area contributed by atoms with Crippen molar-refractivity contribution in [2.24, 2.45) is 0 Å². The summed E-state index contributed by atoms with van der Waals surface area (Å²) in [6.07, 6.45) is 5.74. The molecule has 0 radical (unpaired) electrons. The van der Waals surface area contributed by atoms with Gasteiger partial charge in [0.05, 0.1) is 18.1 Å². The molecule has 2 heterocycles. The Labute approximate surface area is 180 Å². The summed E-state index contributed by atoms with van der Waals surface area (Å²) >= 11 is 1.55. The maximum absolute atomic E-state index is 12.9. The lowest BCUT2D eigenvalue weighted by atomic mass is 10.1. The Morgan fingerprint density at radius 3 is 2.50 bits per heavy atom. The molecule has 1 saturated carbocycles. The monoisotopic (exact) mass is 444 g/mol. The van der Waals surface area contributed by atoms with Gasteiger partial charge in [-0.3, -0.25) is 9.59 Å². The average Bonchev–Trinajstić information content (AvgIpc) is 3.24. The zero-order valence-electron chi connectivity index (χ0n) is 16.5. The van der Waals surface area contributed by atoms with E-state index in [-0.39, 0.29) is 29.4 Å².